The summed E-state index contributed by atoms with van der Waals surface area (Å²) in [7, 11) is 0. The van der Waals surface area contributed by atoms with Crippen LogP contribution in [0.4, 0.5) is 17.1 Å². The molecule has 0 unspecified atom stereocenters. The molecule has 0 aromatic heterocycles. The number of benzene rings is 10. The van der Waals surface area contributed by atoms with Gasteiger partial charge >= 0.3 is 0 Å². The molecule has 0 aliphatic heterocycles. The SMILES string of the molecule is C(=C\c1ccc(N(c2ccccc2)c2ccccc2)cc1)/c1ccc(-c2ccc(-c3c4ccccc4c(-c4cccc5ccccc45)c4ccccc34)cc2)cc1. The zero-order valence-electron chi connectivity index (χ0n) is 31.5. The van der Waals surface area contributed by atoms with Crippen LogP contribution >= 0.6 is 0 Å². The summed E-state index contributed by atoms with van der Waals surface area (Å²) in [5.74, 6) is 0. The molecule has 1 nitrogen and oxygen atoms in total. The Morgan fingerprint density at radius 1 is 0.263 bits per heavy atom. The van der Waals surface area contributed by atoms with Crippen molar-refractivity contribution in [3.63, 3.8) is 0 Å². The molecule has 0 N–H and O–H groups in total. The highest BCUT2D eigenvalue weighted by atomic mass is 15.1. The van der Waals surface area contributed by atoms with Crippen molar-refractivity contribution in [2.45, 2.75) is 0 Å². The minimum atomic E-state index is 1.12. The fourth-order valence-electron chi connectivity index (χ4n) is 8.32. The quantitative estimate of drug-likeness (QED) is 0.111. The molecule has 0 amide bonds. The minimum Gasteiger partial charge on any atom is -0.311 e. The molecule has 0 aliphatic rings. The van der Waals surface area contributed by atoms with Crippen LogP contribution in [0.15, 0.2) is 224 Å². The van der Waals surface area contributed by atoms with E-state index in [1.807, 2.05) is 0 Å². The van der Waals surface area contributed by atoms with Gasteiger partial charge in [0.2, 0.25) is 0 Å². The minimum absolute atomic E-state index is 1.12. The lowest BCUT2D eigenvalue weighted by molar-refractivity contribution is 1.28. The van der Waals surface area contributed by atoms with Gasteiger partial charge in [0.1, 0.15) is 0 Å². The van der Waals surface area contributed by atoms with Crippen LogP contribution < -0.4 is 4.90 Å². The Hall–Kier alpha value is -7.48. The van der Waals surface area contributed by atoms with Gasteiger partial charge in [0.25, 0.3) is 0 Å². The van der Waals surface area contributed by atoms with Gasteiger partial charge < -0.3 is 4.90 Å². The topological polar surface area (TPSA) is 3.24 Å². The summed E-state index contributed by atoms with van der Waals surface area (Å²) in [4.78, 5) is 2.28. The van der Waals surface area contributed by atoms with Crippen LogP contribution in [0.3, 0.4) is 0 Å². The van der Waals surface area contributed by atoms with Gasteiger partial charge in [-0.3, -0.25) is 0 Å². The maximum atomic E-state index is 2.29. The number of anilines is 3. The summed E-state index contributed by atoms with van der Waals surface area (Å²) in [6.45, 7) is 0. The van der Waals surface area contributed by atoms with Gasteiger partial charge in [-0.1, -0.05) is 200 Å². The third-order valence-corrected chi connectivity index (χ3v) is 11.1. The van der Waals surface area contributed by atoms with E-state index in [1.165, 1.54) is 71.3 Å². The predicted molar refractivity (Wildman–Crippen MR) is 245 cm³/mol. The number of hydrogen-bond acceptors (Lipinski definition) is 1. The predicted octanol–water partition coefficient (Wildman–Crippen LogP) is 15.8. The summed E-state index contributed by atoms with van der Waals surface area (Å²) in [6.07, 6.45) is 4.37. The lowest BCUT2D eigenvalue weighted by Gasteiger charge is -2.25. The number of para-hydroxylation sites is 2. The fraction of sp³-hybridized carbons (Fsp3) is 0. The molecule has 0 heterocycles. The van der Waals surface area contributed by atoms with Crippen LogP contribution in [-0.4, -0.2) is 0 Å². The Kier molecular flexibility index (Phi) is 8.95. The highest BCUT2D eigenvalue weighted by Crippen LogP contribution is 2.45. The van der Waals surface area contributed by atoms with Crippen LogP contribution in [0.5, 0.6) is 0 Å². The molecule has 1 heteroatoms. The van der Waals surface area contributed by atoms with Crippen molar-refractivity contribution >= 4 is 61.5 Å². The normalized spacial score (nSPS) is 11.4. The van der Waals surface area contributed by atoms with Crippen LogP contribution in [-0.2, 0) is 0 Å². The van der Waals surface area contributed by atoms with Gasteiger partial charge in [-0.2, -0.15) is 0 Å². The molecule has 0 aliphatic carbocycles. The molecule has 268 valence electrons. The summed E-state index contributed by atoms with van der Waals surface area (Å²) >= 11 is 0. The maximum Gasteiger partial charge on any atom is 0.0462 e. The van der Waals surface area contributed by atoms with Crippen molar-refractivity contribution < 1.29 is 0 Å². The van der Waals surface area contributed by atoms with Gasteiger partial charge in [0.05, 0.1) is 0 Å². The maximum absolute atomic E-state index is 2.29. The van der Waals surface area contributed by atoms with Gasteiger partial charge in [0.15, 0.2) is 0 Å². The Morgan fingerprint density at radius 2 is 0.649 bits per heavy atom. The molecule has 0 bridgehead atoms. The zero-order chi connectivity index (χ0) is 38.0. The molecule has 0 radical (unpaired) electrons. The van der Waals surface area contributed by atoms with Crippen molar-refractivity contribution in [1.29, 1.82) is 0 Å². The molecule has 10 aromatic rings. The highest BCUT2D eigenvalue weighted by molar-refractivity contribution is 6.23. The molecule has 10 aromatic carbocycles. The van der Waals surface area contributed by atoms with Gasteiger partial charge in [-0.25, -0.2) is 0 Å². The van der Waals surface area contributed by atoms with E-state index in [0.29, 0.717) is 0 Å². The van der Waals surface area contributed by atoms with Crippen LogP contribution in [0.2, 0.25) is 0 Å². The summed E-state index contributed by atoms with van der Waals surface area (Å²) < 4.78 is 0. The summed E-state index contributed by atoms with van der Waals surface area (Å²) in [5.41, 5.74) is 13.2. The zero-order valence-corrected chi connectivity index (χ0v) is 31.5. The Bertz CT molecular complexity index is 2910. The van der Waals surface area contributed by atoms with Crippen molar-refractivity contribution in [1.82, 2.24) is 0 Å². The second-order valence-electron chi connectivity index (χ2n) is 14.5. The third-order valence-electron chi connectivity index (χ3n) is 11.1. The molecule has 0 saturated carbocycles. The first kappa shape index (κ1) is 34.0. The summed E-state index contributed by atoms with van der Waals surface area (Å²) in [6, 6.07) is 80.9. The van der Waals surface area contributed by atoms with Gasteiger partial charge in [-0.15, -0.1) is 0 Å². The molecule has 0 spiro atoms. The van der Waals surface area contributed by atoms with Crippen molar-refractivity contribution in [3.05, 3.63) is 236 Å². The average Bonchev–Trinajstić information content (AvgIpc) is 3.29. The Morgan fingerprint density at radius 3 is 1.19 bits per heavy atom. The highest BCUT2D eigenvalue weighted by Gasteiger charge is 2.18. The van der Waals surface area contributed by atoms with Crippen LogP contribution in [0.1, 0.15) is 11.1 Å². The molecule has 0 saturated heterocycles. The number of rotatable bonds is 8. The van der Waals surface area contributed by atoms with E-state index in [2.05, 4.69) is 242 Å². The smallest absolute Gasteiger partial charge is 0.0462 e. The van der Waals surface area contributed by atoms with Crippen LogP contribution in [0, 0.1) is 0 Å². The van der Waals surface area contributed by atoms with Gasteiger partial charge in [-0.05, 0) is 113 Å². The monoisotopic (exact) mass is 725 g/mol. The molecule has 10 rings (SSSR count). The number of hydrogen-bond donors (Lipinski definition) is 0. The van der Waals surface area contributed by atoms with E-state index in [0.717, 1.165) is 22.6 Å². The van der Waals surface area contributed by atoms with E-state index in [1.54, 1.807) is 0 Å². The van der Waals surface area contributed by atoms with Gasteiger partial charge in [0, 0.05) is 17.1 Å². The second kappa shape index (κ2) is 15.0. The molecular formula is C56H39N. The molecular weight excluding hydrogens is 687 g/mol. The largest absolute Gasteiger partial charge is 0.311 e. The molecule has 57 heavy (non-hydrogen) atoms. The average molecular weight is 726 g/mol. The van der Waals surface area contributed by atoms with E-state index in [4.69, 9.17) is 0 Å². The van der Waals surface area contributed by atoms with E-state index in [9.17, 15) is 0 Å². The van der Waals surface area contributed by atoms with E-state index in [-0.39, 0.29) is 0 Å². The lowest BCUT2D eigenvalue weighted by atomic mass is 9.84. The Balaban J connectivity index is 0.924. The molecule has 0 fully saturated rings. The van der Waals surface area contributed by atoms with E-state index < -0.39 is 0 Å². The first-order valence-corrected chi connectivity index (χ1v) is 19.6. The first-order valence-electron chi connectivity index (χ1n) is 19.6. The number of fused-ring (bicyclic) bond motifs is 3. The van der Waals surface area contributed by atoms with Crippen LogP contribution in [0.25, 0.3) is 77.9 Å². The lowest BCUT2D eigenvalue weighted by Crippen LogP contribution is -2.09. The fourth-order valence-corrected chi connectivity index (χ4v) is 8.32. The van der Waals surface area contributed by atoms with E-state index >= 15 is 0 Å². The number of nitrogens with zero attached hydrogens (tertiary/aromatic N) is 1. The second-order valence-corrected chi connectivity index (χ2v) is 14.5. The third kappa shape index (κ3) is 6.56. The summed E-state index contributed by atoms with van der Waals surface area (Å²) in [5, 5.41) is 7.61. The van der Waals surface area contributed by atoms with Crippen molar-refractivity contribution in [2.75, 3.05) is 4.90 Å². The standard InChI is InChI=1S/C56H39N/c1-3-16-46(17-4-1)57(47-18-5-2-6-19-47)48-38-30-41(31-39-48)27-26-40-28-32-42(33-29-40)43-34-36-45(37-35-43)55-51-21-9-11-23-53(51)56(54-24-12-10-22-52(54)55)50-25-13-15-44-14-7-8-20-49(44)50/h1-39H/b27-26+. The molecule has 0 atom stereocenters. The first-order chi connectivity index (χ1) is 28.3. The van der Waals surface area contributed by atoms with Crippen molar-refractivity contribution in [2.24, 2.45) is 0 Å². The van der Waals surface area contributed by atoms with Crippen molar-refractivity contribution in [3.8, 4) is 33.4 Å². The Labute approximate surface area is 334 Å².